The van der Waals surface area contributed by atoms with Crippen LogP contribution in [0.1, 0.15) is 31.7 Å². The average Bonchev–Trinajstić information content (AvgIpc) is 3.39. The summed E-state index contributed by atoms with van der Waals surface area (Å²) in [5.41, 5.74) is -0.640. The molecule has 35 heavy (non-hydrogen) atoms. The minimum atomic E-state index is -2.96. The standard InChI is InChI=1S/C22H22ClF3N4O3.2H2S/c1-12-14(17(31)9-13-2-3-16(24)15(23)8-13)5-7-30(12)20(33)19(32)28-21(10-22(25,26)11-21)18-4-6-27-29-18;;/h2-4,8,12,14H,5-7,9-11H2,1H3,(H,28,32);2*1H2/t12-,14-;;/m0../s1. The first-order chi connectivity index (χ1) is 15.5. The summed E-state index contributed by atoms with van der Waals surface area (Å²) in [4.78, 5) is 39.6. The average molecular weight is 551 g/mol. The van der Waals surface area contributed by atoms with Crippen molar-refractivity contribution >= 4 is 56.2 Å². The Morgan fingerprint density at radius 2 is 1.91 bits per heavy atom. The van der Waals surface area contributed by atoms with E-state index in [0.717, 1.165) is 0 Å². The van der Waals surface area contributed by atoms with Crippen molar-refractivity contribution in [3.63, 3.8) is 0 Å². The van der Waals surface area contributed by atoms with Crippen molar-refractivity contribution in [3.8, 4) is 0 Å². The molecule has 0 unspecified atom stereocenters. The van der Waals surface area contributed by atoms with Crippen LogP contribution in [0.15, 0.2) is 40.2 Å². The Hall–Kier alpha value is -2.05. The minimum absolute atomic E-state index is 0. The normalized spacial score (nSPS) is 23.5. The second kappa shape index (κ2) is 10.9. The van der Waals surface area contributed by atoms with Gasteiger partial charge in [0, 0.05) is 37.8 Å². The highest BCUT2D eigenvalue weighted by Crippen LogP contribution is 2.50. The summed E-state index contributed by atoms with van der Waals surface area (Å²) >= 11 is 5.77. The van der Waals surface area contributed by atoms with Gasteiger partial charge >= 0.3 is 11.8 Å². The zero-order chi connectivity index (χ0) is 24.0. The molecule has 4 rings (SSSR count). The van der Waals surface area contributed by atoms with E-state index in [4.69, 9.17) is 11.6 Å². The third-order valence-electron chi connectivity index (χ3n) is 6.49. The number of alkyl halides is 2. The van der Waals surface area contributed by atoms with Crippen LogP contribution in [-0.2, 0) is 20.8 Å². The Bertz CT molecular complexity index is 1080. The van der Waals surface area contributed by atoms with Gasteiger partial charge in [0.2, 0.25) is 0 Å². The van der Waals surface area contributed by atoms with Crippen molar-refractivity contribution in [1.82, 2.24) is 10.2 Å². The molecule has 1 saturated carbocycles. The number of azo groups is 1. The zero-order valence-electron chi connectivity index (χ0n) is 18.8. The molecule has 2 amide bonds. The predicted molar refractivity (Wildman–Crippen MR) is 133 cm³/mol. The number of benzene rings is 1. The fourth-order valence-electron chi connectivity index (χ4n) is 4.78. The molecule has 1 saturated heterocycles. The Kier molecular flexibility index (Phi) is 9.10. The van der Waals surface area contributed by atoms with Gasteiger partial charge < -0.3 is 10.2 Å². The number of Topliss-reactive ketones (excluding diaryl/α,β-unsaturated/α-hetero) is 1. The van der Waals surface area contributed by atoms with Crippen LogP contribution in [0.4, 0.5) is 13.2 Å². The van der Waals surface area contributed by atoms with Crippen molar-refractivity contribution in [2.24, 2.45) is 16.1 Å². The third kappa shape index (κ3) is 5.86. The molecule has 2 aliphatic heterocycles. The zero-order valence-corrected chi connectivity index (χ0v) is 21.5. The van der Waals surface area contributed by atoms with Gasteiger partial charge in [0.1, 0.15) is 11.6 Å². The minimum Gasteiger partial charge on any atom is -0.336 e. The van der Waals surface area contributed by atoms with E-state index in [1.165, 1.54) is 23.1 Å². The molecule has 1 aromatic rings. The SMILES string of the molecule is C[C@H]1[C@@H](C(=O)Cc2ccc(F)c(Cl)c2)CCN1C(=O)C(=O)NC1(C2=CCN=N2)CC(F)(F)C1.S.S. The number of carbonyl (C=O) groups excluding carboxylic acids is 3. The van der Waals surface area contributed by atoms with Crippen molar-refractivity contribution < 1.29 is 27.6 Å². The smallest absolute Gasteiger partial charge is 0.312 e. The second-order valence-electron chi connectivity index (χ2n) is 8.78. The molecule has 2 heterocycles. The van der Waals surface area contributed by atoms with Gasteiger partial charge in [-0.1, -0.05) is 17.7 Å². The molecule has 0 aromatic heterocycles. The van der Waals surface area contributed by atoms with Crippen LogP contribution in [0.25, 0.3) is 0 Å². The van der Waals surface area contributed by atoms with Gasteiger partial charge in [-0.25, -0.2) is 13.2 Å². The number of halogens is 4. The summed E-state index contributed by atoms with van der Waals surface area (Å²) < 4.78 is 40.7. The topological polar surface area (TPSA) is 91.2 Å². The van der Waals surface area contributed by atoms with Gasteiger partial charge in [-0.2, -0.15) is 37.2 Å². The maximum Gasteiger partial charge on any atom is 0.312 e. The van der Waals surface area contributed by atoms with Crippen molar-refractivity contribution in [1.29, 1.82) is 0 Å². The van der Waals surface area contributed by atoms with Crippen molar-refractivity contribution in [2.45, 2.75) is 50.1 Å². The van der Waals surface area contributed by atoms with Gasteiger partial charge in [0.15, 0.2) is 0 Å². The molecular weight excluding hydrogens is 525 g/mol. The number of nitrogens with zero attached hydrogens (tertiary/aromatic N) is 3. The Morgan fingerprint density at radius 1 is 1.23 bits per heavy atom. The molecule has 0 bridgehead atoms. The van der Waals surface area contributed by atoms with E-state index < -0.39 is 53.9 Å². The van der Waals surface area contributed by atoms with E-state index in [2.05, 4.69) is 15.5 Å². The first kappa shape index (κ1) is 29.2. The van der Waals surface area contributed by atoms with E-state index in [9.17, 15) is 27.6 Å². The number of rotatable bonds is 5. The van der Waals surface area contributed by atoms with Crippen LogP contribution in [0.5, 0.6) is 0 Å². The Balaban J connectivity index is 0.00000216. The lowest BCUT2D eigenvalue weighted by Gasteiger charge is -2.47. The van der Waals surface area contributed by atoms with Gasteiger partial charge in [0.05, 0.1) is 22.8 Å². The molecule has 1 N–H and O–H groups in total. The summed E-state index contributed by atoms with van der Waals surface area (Å²) in [6.45, 7) is 2.08. The first-order valence-corrected chi connectivity index (χ1v) is 10.9. The lowest BCUT2D eigenvalue weighted by Crippen LogP contribution is -2.65. The summed E-state index contributed by atoms with van der Waals surface area (Å²) in [7, 11) is 0. The predicted octanol–water partition coefficient (Wildman–Crippen LogP) is 3.69. The van der Waals surface area contributed by atoms with Crippen LogP contribution in [0.2, 0.25) is 5.02 Å². The maximum absolute atomic E-state index is 13.7. The number of carbonyl (C=O) groups is 3. The molecule has 192 valence electrons. The Morgan fingerprint density at radius 3 is 2.49 bits per heavy atom. The van der Waals surface area contributed by atoms with E-state index in [-0.39, 0.29) is 63.0 Å². The highest BCUT2D eigenvalue weighted by molar-refractivity contribution is 7.59. The Labute approximate surface area is 219 Å². The summed E-state index contributed by atoms with van der Waals surface area (Å²) in [5, 5.41) is 9.96. The van der Waals surface area contributed by atoms with Crippen LogP contribution >= 0.6 is 38.6 Å². The highest BCUT2D eigenvalue weighted by atomic mass is 35.5. The number of amides is 2. The molecular formula is C22H26ClF3N4O3S2. The molecule has 0 spiro atoms. The fraction of sp³-hybridized carbons (Fsp3) is 0.500. The van der Waals surface area contributed by atoms with Crippen LogP contribution < -0.4 is 5.32 Å². The van der Waals surface area contributed by atoms with Crippen LogP contribution in [0, 0.1) is 11.7 Å². The third-order valence-corrected chi connectivity index (χ3v) is 6.78. The van der Waals surface area contributed by atoms with Crippen molar-refractivity contribution in [2.75, 3.05) is 13.1 Å². The largest absolute Gasteiger partial charge is 0.336 e. The van der Waals surface area contributed by atoms with Gasteiger partial charge in [-0.15, -0.1) is 0 Å². The number of likely N-dealkylation sites (tertiary alicyclic amines) is 1. The summed E-state index contributed by atoms with van der Waals surface area (Å²) in [6, 6.07) is 3.48. The van der Waals surface area contributed by atoms with Crippen LogP contribution in [-0.4, -0.2) is 53.1 Å². The molecule has 2 fully saturated rings. The molecule has 2 atom stereocenters. The summed E-state index contributed by atoms with van der Waals surface area (Å²) in [5.74, 6) is -6.11. The molecule has 3 aliphatic rings. The molecule has 7 nitrogen and oxygen atoms in total. The van der Waals surface area contributed by atoms with E-state index in [0.29, 0.717) is 12.0 Å². The molecule has 1 aliphatic carbocycles. The lowest BCUT2D eigenvalue weighted by molar-refractivity contribution is -0.154. The first-order valence-electron chi connectivity index (χ1n) is 10.6. The maximum atomic E-state index is 13.7. The monoisotopic (exact) mass is 550 g/mol. The highest BCUT2D eigenvalue weighted by Gasteiger charge is 2.60. The van der Waals surface area contributed by atoms with E-state index in [1.54, 1.807) is 13.0 Å². The van der Waals surface area contributed by atoms with Crippen molar-refractivity contribution in [3.05, 3.63) is 46.4 Å². The molecule has 1 aromatic carbocycles. The second-order valence-corrected chi connectivity index (χ2v) is 9.19. The quantitative estimate of drug-likeness (QED) is 0.567. The van der Waals surface area contributed by atoms with E-state index >= 15 is 0 Å². The lowest BCUT2D eigenvalue weighted by atomic mass is 9.71. The number of hydrogen-bond donors (Lipinski definition) is 1. The van der Waals surface area contributed by atoms with Crippen LogP contribution in [0.3, 0.4) is 0 Å². The van der Waals surface area contributed by atoms with Gasteiger partial charge in [-0.05, 0) is 37.1 Å². The van der Waals surface area contributed by atoms with Gasteiger partial charge in [0.25, 0.3) is 5.92 Å². The number of hydrogen-bond acceptors (Lipinski definition) is 5. The number of ketones is 1. The number of nitrogens with one attached hydrogen (secondary N) is 1. The fourth-order valence-corrected chi connectivity index (χ4v) is 4.98. The van der Waals surface area contributed by atoms with Gasteiger partial charge in [-0.3, -0.25) is 14.4 Å². The van der Waals surface area contributed by atoms with E-state index in [1.807, 2.05) is 0 Å². The summed E-state index contributed by atoms with van der Waals surface area (Å²) in [6.07, 6.45) is 0.619. The molecule has 0 radical (unpaired) electrons. The molecule has 13 heteroatoms.